The fraction of sp³-hybridized carbons (Fsp3) is 0.680. The van der Waals surface area contributed by atoms with Gasteiger partial charge in [-0.15, -0.1) is 0 Å². The molecule has 0 aromatic heterocycles. The SMILES string of the molecule is CC(=O)OCCN(CCCCC1CCCC1)C(=O)CCCOc1c(Cl)ccc(C(C)O)c1[N+](=O)[O-]. The monoisotopic (exact) mass is 512 g/mol. The van der Waals surface area contributed by atoms with Gasteiger partial charge in [0.2, 0.25) is 11.7 Å². The van der Waals surface area contributed by atoms with E-state index in [2.05, 4.69) is 0 Å². The van der Waals surface area contributed by atoms with E-state index in [1.165, 1.54) is 58.1 Å². The number of aliphatic hydroxyl groups is 1. The number of amides is 1. The van der Waals surface area contributed by atoms with Crippen molar-refractivity contribution in [2.24, 2.45) is 5.92 Å². The minimum Gasteiger partial charge on any atom is -0.486 e. The van der Waals surface area contributed by atoms with Gasteiger partial charge in [0.05, 0.1) is 34.8 Å². The summed E-state index contributed by atoms with van der Waals surface area (Å²) in [5, 5.41) is 21.5. The summed E-state index contributed by atoms with van der Waals surface area (Å²) in [7, 11) is 0. The molecule has 1 aromatic rings. The maximum Gasteiger partial charge on any atom is 0.318 e. The average molecular weight is 513 g/mol. The lowest BCUT2D eigenvalue weighted by Gasteiger charge is -2.23. The molecular formula is C25H37ClN2O7. The predicted molar refractivity (Wildman–Crippen MR) is 132 cm³/mol. The molecule has 0 spiro atoms. The lowest BCUT2D eigenvalue weighted by atomic mass is 10.0. The van der Waals surface area contributed by atoms with E-state index in [0.29, 0.717) is 19.5 Å². The summed E-state index contributed by atoms with van der Waals surface area (Å²) in [6, 6.07) is 2.84. The quantitative estimate of drug-likeness (QED) is 0.148. The van der Waals surface area contributed by atoms with Crippen molar-refractivity contribution in [2.45, 2.75) is 77.7 Å². The zero-order valence-corrected chi connectivity index (χ0v) is 21.4. The van der Waals surface area contributed by atoms with Crippen molar-refractivity contribution in [1.29, 1.82) is 0 Å². The molecule has 1 atom stereocenters. The molecule has 10 heteroatoms. The summed E-state index contributed by atoms with van der Waals surface area (Å²) >= 11 is 6.12. The number of hydrogen-bond acceptors (Lipinski definition) is 7. The highest BCUT2D eigenvalue weighted by atomic mass is 35.5. The van der Waals surface area contributed by atoms with Gasteiger partial charge in [-0.1, -0.05) is 50.1 Å². The number of esters is 1. The molecule has 0 saturated heterocycles. The number of unbranched alkanes of at least 4 members (excludes halogenated alkanes) is 1. The first kappa shape index (κ1) is 28.8. The van der Waals surface area contributed by atoms with Crippen LogP contribution in [0.15, 0.2) is 12.1 Å². The summed E-state index contributed by atoms with van der Waals surface area (Å²) in [5.74, 6) is 0.228. The van der Waals surface area contributed by atoms with Gasteiger partial charge in [-0.05, 0) is 37.8 Å². The molecular weight excluding hydrogens is 476 g/mol. The van der Waals surface area contributed by atoms with Gasteiger partial charge in [0.15, 0.2) is 0 Å². The second kappa shape index (κ2) is 14.9. The molecule has 0 aliphatic heterocycles. The predicted octanol–water partition coefficient (Wildman–Crippen LogP) is 5.21. The van der Waals surface area contributed by atoms with Crippen LogP contribution < -0.4 is 4.74 Å². The van der Waals surface area contributed by atoms with Crippen LogP contribution >= 0.6 is 11.6 Å². The summed E-state index contributed by atoms with van der Waals surface area (Å²) in [6.45, 7) is 3.89. The zero-order valence-electron chi connectivity index (χ0n) is 20.7. The van der Waals surface area contributed by atoms with Crippen molar-refractivity contribution in [3.63, 3.8) is 0 Å². The van der Waals surface area contributed by atoms with E-state index >= 15 is 0 Å². The number of rotatable bonds is 15. The van der Waals surface area contributed by atoms with Crippen molar-refractivity contribution < 1.29 is 29.1 Å². The standard InChI is InChI=1S/C25H37ClN2O7/c1-18(29)21-12-13-22(26)25(24(21)28(32)33)35-16-7-11-23(31)27(15-17-34-19(2)30)14-6-5-10-20-8-3-4-9-20/h12-13,18,20,29H,3-11,14-17H2,1-2H3. The van der Waals surface area contributed by atoms with Crippen molar-refractivity contribution in [3.05, 3.63) is 32.8 Å². The topological polar surface area (TPSA) is 119 Å². The lowest BCUT2D eigenvalue weighted by molar-refractivity contribution is -0.387. The van der Waals surface area contributed by atoms with Crippen LogP contribution in [-0.4, -0.2) is 53.1 Å². The van der Waals surface area contributed by atoms with Gasteiger partial charge in [0.1, 0.15) is 6.61 Å². The van der Waals surface area contributed by atoms with E-state index in [1.54, 1.807) is 4.90 Å². The number of ether oxygens (including phenoxy) is 2. The van der Waals surface area contributed by atoms with Gasteiger partial charge in [-0.25, -0.2) is 0 Å². The number of aliphatic hydroxyl groups excluding tert-OH is 1. The largest absolute Gasteiger partial charge is 0.486 e. The van der Waals surface area contributed by atoms with Crippen LogP contribution in [0.5, 0.6) is 5.75 Å². The van der Waals surface area contributed by atoms with E-state index in [0.717, 1.165) is 18.8 Å². The molecule has 9 nitrogen and oxygen atoms in total. The van der Waals surface area contributed by atoms with Crippen molar-refractivity contribution in [3.8, 4) is 5.75 Å². The Bertz CT molecular complexity index is 856. The van der Waals surface area contributed by atoms with Gasteiger partial charge in [-0.2, -0.15) is 0 Å². The van der Waals surface area contributed by atoms with Gasteiger partial charge in [-0.3, -0.25) is 19.7 Å². The molecule has 1 aliphatic carbocycles. The third-order valence-electron chi connectivity index (χ3n) is 6.31. The van der Waals surface area contributed by atoms with E-state index in [4.69, 9.17) is 21.1 Å². The molecule has 0 bridgehead atoms. The molecule has 35 heavy (non-hydrogen) atoms. The molecule has 1 amide bonds. The van der Waals surface area contributed by atoms with Crippen LogP contribution in [0.1, 0.15) is 83.3 Å². The highest BCUT2D eigenvalue weighted by molar-refractivity contribution is 6.32. The van der Waals surface area contributed by atoms with Crippen LogP contribution in [0.4, 0.5) is 5.69 Å². The number of nitro groups is 1. The summed E-state index contributed by atoms with van der Waals surface area (Å²) in [5.41, 5.74) is -0.260. The number of nitrogens with zero attached hydrogens (tertiary/aromatic N) is 2. The Kier molecular flexibility index (Phi) is 12.3. The molecule has 1 N–H and O–H groups in total. The van der Waals surface area contributed by atoms with Crippen LogP contribution in [0.2, 0.25) is 5.02 Å². The Morgan fingerprint density at radius 2 is 1.91 bits per heavy atom. The Balaban J connectivity index is 1.88. The fourth-order valence-electron chi connectivity index (χ4n) is 4.48. The number of hydrogen-bond donors (Lipinski definition) is 1. The van der Waals surface area contributed by atoms with Gasteiger partial charge in [0, 0.05) is 19.9 Å². The lowest BCUT2D eigenvalue weighted by Crippen LogP contribution is -2.35. The third kappa shape index (κ3) is 9.64. The average Bonchev–Trinajstić information content (AvgIpc) is 3.31. The van der Waals surface area contributed by atoms with E-state index in [1.807, 2.05) is 0 Å². The molecule has 1 saturated carbocycles. The Morgan fingerprint density at radius 1 is 1.20 bits per heavy atom. The molecule has 1 unspecified atom stereocenters. The molecule has 1 aliphatic rings. The van der Waals surface area contributed by atoms with Crippen LogP contribution in [-0.2, 0) is 14.3 Å². The molecule has 2 rings (SSSR count). The van der Waals surface area contributed by atoms with Gasteiger partial charge in [0.25, 0.3) is 0 Å². The summed E-state index contributed by atoms with van der Waals surface area (Å²) < 4.78 is 10.6. The first-order chi connectivity index (χ1) is 16.7. The number of carbonyl (C=O) groups is 2. The first-order valence-electron chi connectivity index (χ1n) is 12.4. The van der Waals surface area contributed by atoms with Gasteiger partial charge < -0.3 is 19.5 Å². The number of nitro benzene ring substituents is 1. The van der Waals surface area contributed by atoms with Crippen molar-refractivity contribution in [1.82, 2.24) is 4.90 Å². The third-order valence-corrected chi connectivity index (χ3v) is 6.61. The number of halogens is 1. The van der Waals surface area contributed by atoms with E-state index in [-0.39, 0.29) is 53.5 Å². The maximum atomic E-state index is 12.8. The van der Waals surface area contributed by atoms with E-state index in [9.17, 15) is 24.8 Å². The Labute approximate surface area is 211 Å². The minimum atomic E-state index is -1.06. The Hall–Kier alpha value is -2.39. The second-order valence-corrected chi connectivity index (χ2v) is 9.47. The first-order valence-corrected chi connectivity index (χ1v) is 12.8. The number of carbonyl (C=O) groups excluding carboxylic acids is 2. The van der Waals surface area contributed by atoms with Crippen molar-refractivity contribution >= 4 is 29.2 Å². The highest BCUT2D eigenvalue weighted by Gasteiger charge is 2.26. The molecule has 0 heterocycles. The number of benzene rings is 1. The van der Waals surface area contributed by atoms with Crippen molar-refractivity contribution in [2.75, 3.05) is 26.3 Å². The molecule has 0 radical (unpaired) electrons. The maximum absolute atomic E-state index is 12.8. The molecule has 196 valence electrons. The molecule has 1 fully saturated rings. The second-order valence-electron chi connectivity index (χ2n) is 9.07. The normalized spacial score (nSPS) is 14.5. The van der Waals surface area contributed by atoms with E-state index < -0.39 is 11.0 Å². The summed E-state index contributed by atoms with van der Waals surface area (Å²) in [6.07, 6.45) is 7.84. The van der Waals surface area contributed by atoms with Crippen LogP contribution in [0, 0.1) is 16.0 Å². The van der Waals surface area contributed by atoms with Gasteiger partial charge >= 0.3 is 11.7 Å². The molecule has 1 aromatic carbocycles. The Morgan fingerprint density at radius 3 is 2.54 bits per heavy atom. The minimum absolute atomic E-state index is 0.0506. The zero-order chi connectivity index (χ0) is 25.8. The summed E-state index contributed by atoms with van der Waals surface area (Å²) in [4.78, 5) is 36.6. The smallest absolute Gasteiger partial charge is 0.318 e. The highest BCUT2D eigenvalue weighted by Crippen LogP contribution is 2.40. The van der Waals surface area contributed by atoms with Crippen LogP contribution in [0.3, 0.4) is 0 Å². The fourth-order valence-corrected chi connectivity index (χ4v) is 4.68. The van der Waals surface area contributed by atoms with Crippen LogP contribution in [0.25, 0.3) is 0 Å².